The normalized spacial score (nSPS) is 18.5. The third-order valence-corrected chi connectivity index (χ3v) is 6.72. The van der Waals surface area contributed by atoms with Crippen molar-refractivity contribution in [2.24, 2.45) is 11.8 Å². The monoisotopic (exact) mass is 400 g/mol. The van der Waals surface area contributed by atoms with E-state index in [0.717, 1.165) is 25.7 Å². The molecule has 1 fully saturated rings. The van der Waals surface area contributed by atoms with Gasteiger partial charge in [-0.1, -0.05) is 39.2 Å². The van der Waals surface area contributed by atoms with Crippen LogP contribution in [-0.2, 0) is 20.7 Å². The Balaban J connectivity index is 2.13. The van der Waals surface area contributed by atoms with E-state index in [0.29, 0.717) is 0 Å². The second-order valence-corrected chi connectivity index (χ2v) is 10.1. The van der Waals surface area contributed by atoms with E-state index < -0.39 is 19.2 Å². The van der Waals surface area contributed by atoms with E-state index in [1.807, 2.05) is 19.9 Å². The highest BCUT2D eigenvalue weighted by atomic mass is 31.2. The maximum atomic E-state index is 12.6. The highest BCUT2D eigenvalue weighted by Gasteiger charge is 2.27. The van der Waals surface area contributed by atoms with Crippen LogP contribution in [0.25, 0.3) is 0 Å². The first kappa shape index (κ1) is 21.7. The number of ether oxygens (including phenoxy) is 1. The van der Waals surface area contributed by atoms with Gasteiger partial charge in [0.1, 0.15) is 0 Å². The Kier molecular flexibility index (Phi) is 7.68. The summed E-state index contributed by atoms with van der Waals surface area (Å²) in [5.74, 6) is -0.849. The van der Waals surface area contributed by atoms with Crippen molar-refractivity contribution in [2.45, 2.75) is 59.5 Å². The summed E-state index contributed by atoms with van der Waals surface area (Å²) >= 11 is 0. The number of carbonyl (C=O) groups excluding carboxylic acids is 1. The predicted octanol–water partition coefficient (Wildman–Crippen LogP) is 4.02. The molecule has 27 heavy (non-hydrogen) atoms. The Morgan fingerprint density at radius 1 is 1.30 bits per heavy atom. The van der Waals surface area contributed by atoms with Crippen LogP contribution in [0, 0.1) is 18.8 Å². The standard InChI is InChI=1S/C19H29O7P/c1-13(2)11-27(22,23)12-16(9-15-7-5-4-6-8-15)18(20)24-10-17-14(3)25-19(21)26-17/h9,13,15H,4-8,10-12H2,1-3H3,(H,22,23). The van der Waals surface area contributed by atoms with Crippen LogP contribution < -0.4 is 5.82 Å². The summed E-state index contributed by atoms with van der Waals surface area (Å²) in [5.41, 5.74) is 0.233. The molecule has 0 aliphatic heterocycles. The molecule has 1 heterocycles. The first-order valence-electron chi connectivity index (χ1n) is 9.44. The third kappa shape index (κ3) is 7.15. The van der Waals surface area contributed by atoms with Crippen molar-refractivity contribution in [3.8, 4) is 0 Å². The summed E-state index contributed by atoms with van der Waals surface area (Å²) in [6.07, 6.45) is 7.04. The summed E-state index contributed by atoms with van der Waals surface area (Å²) in [6.45, 7) is 5.03. The Bertz CT molecular complexity index is 765. The molecular weight excluding hydrogens is 371 g/mol. The average molecular weight is 400 g/mol. The number of rotatable bonds is 8. The summed E-state index contributed by atoms with van der Waals surface area (Å²) in [4.78, 5) is 34.0. The molecule has 2 rings (SSSR count). The number of carbonyl (C=O) groups is 1. The molecule has 1 aliphatic carbocycles. The van der Waals surface area contributed by atoms with Crippen molar-refractivity contribution < 1.29 is 27.8 Å². The van der Waals surface area contributed by atoms with Gasteiger partial charge in [0, 0.05) is 11.7 Å². The first-order chi connectivity index (χ1) is 12.7. The first-order valence-corrected chi connectivity index (χ1v) is 11.5. The van der Waals surface area contributed by atoms with Crippen LogP contribution in [-0.4, -0.2) is 23.2 Å². The minimum Gasteiger partial charge on any atom is -0.454 e. The van der Waals surface area contributed by atoms with E-state index in [9.17, 15) is 19.0 Å². The Labute approximate surface area is 159 Å². The maximum Gasteiger partial charge on any atom is 0.519 e. The molecule has 1 unspecified atom stereocenters. The molecule has 1 N–H and O–H groups in total. The molecule has 0 radical (unpaired) electrons. The smallest absolute Gasteiger partial charge is 0.454 e. The highest BCUT2D eigenvalue weighted by Crippen LogP contribution is 2.45. The lowest BCUT2D eigenvalue weighted by molar-refractivity contribution is -0.140. The number of aryl methyl sites for hydroxylation is 1. The summed E-state index contributed by atoms with van der Waals surface area (Å²) in [5, 5.41) is 0. The zero-order valence-electron chi connectivity index (χ0n) is 16.2. The van der Waals surface area contributed by atoms with Gasteiger partial charge in [-0.2, -0.15) is 0 Å². The van der Waals surface area contributed by atoms with Crippen LogP contribution in [0.2, 0.25) is 0 Å². The molecule has 1 aliphatic rings. The highest BCUT2D eigenvalue weighted by molar-refractivity contribution is 7.58. The molecule has 8 heteroatoms. The molecule has 0 saturated heterocycles. The van der Waals surface area contributed by atoms with Crippen LogP contribution >= 0.6 is 7.37 Å². The molecule has 152 valence electrons. The SMILES string of the molecule is Cc1oc(=O)oc1COC(=O)C(=CC1CCCCC1)CP(=O)(O)CC(C)C. The minimum atomic E-state index is -3.49. The molecular formula is C19H29O7P. The van der Waals surface area contributed by atoms with Gasteiger partial charge in [-0.3, -0.25) is 4.57 Å². The van der Waals surface area contributed by atoms with E-state index in [2.05, 4.69) is 0 Å². The zero-order chi connectivity index (χ0) is 20.0. The van der Waals surface area contributed by atoms with E-state index in [1.54, 1.807) is 0 Å². The number of hydrogen-bond acceptors (Lipinski definition) is 6. The van der Waals surface area contributed by atoms with Crippen molar-refractivity contribution >= 4 is 13.3 Å². The van der Waals surface area contributed by atoms with Gasteiger partial charge in [0.15, 0.2) is 18.1 Å². The van der Waals surface area contributed by atoms with Gasteiger partial charge in [0.05, 0.1) is 6.16 Å². The molecule has 1 atom stereocenters. The van der Waals surface area contributed by atoms with Gasteiger partial charge in [-0.05, 0) is 31.6 Å². The molecule has 1 aromatic rings. The maximum absolute atomic E-state index is 12.6. The van der Waals surface area contributed by atoms with Crippen molar-refractivity contribution in [1.82, 2.24) is 0 Å². The molecule has 0 spiro atoms. The Morgan fingerprint density at radius 3 is 2.52 bits per heavy atom. The van der Waals surface area contributed by atoms with Crippen LogP contribution in [0.15, 0.2) is 25.3 Å². The van der Waals surface area contributed by atoms with E-state index in [1.165, 1.54) is 13.3 Å². The van der Waals surface area contributed by atoms with Crippen molar-refractivity contribution in [1.29, 1.82) is 0 Å². The van der Waals surface area contributed by atoms with Crippen molar-refractivity contribution in [2.75, 3.05) is 12.3 Å². The molecule has 0 amide bonds. The molecule has 0 aromatic carbocycles. The topological polar surface area (TPSA) is 107 Å². The fourth-order valence-electron chi connectivity index (χ4n) is 3.40. The fourth-order valence-corrected chi connectivity index (χ4v) is 5.44. The lowest BCUT2D eigenvalue weighted by Crippen LogP contribution is -2.16. The van der Waals surface area contributed by atoms with Gasteiger partial charge in [-0.25, -0.2) is 9.59 Å². The lowest BCUT2D eigenvalue weighted by atomic mass is 9.88. The van der Waals surface area contributed by atoms with Crippen LogP contribution in [0.4, 0.5) is 0 Å². The second-order valence-electron chi connectivity index (χ2n) is 7.68. The molecule has 7 nitrogen and oxygen atoms in total. The summed E-state index contributed by atoms with van der Waals surface area (Å²) < 4.78 is 27.4. The van der Waals surface area contributed by atoms with Crippen LogP contribution in [0.5, 0.6) is 0 Å². The van der Waals surface area contributed by atoms with E-state index in [4.69, 9.17) is 13.6 Å². The molecule has 1 saturated carbocycles. The number of esters is 1. The lowest BCUT2D eigenvalue weighted by Gasteiger charge is -2.21. The van der Waals surface area contributed by atoms with Gasteiger partial charge >= 0.3 is 11.8 Å². The van der Waals surface area contributed by atoms with Crippen LogP contribution in [0.1, 0.15) is 57.5 Å². The number of hydrogen-bond donors (Lipinski definition) is 1. The fraction of sp³-hybridized carbons (Fsp3) is 0.684. The predicted molar refractivity (Wildman–Crippen MR) is 101 cm³/mol. The summed E-state index contributed by atoms with van der Waals surface area (Å²) in [7, 11) is -3.49. The van der Waals surface area contributed by atoms with Crippen molar-refractivity contribution in [3.05, 3.63) is 33.8 Å². The largest absolute Gasteiger partial charge is 0.519 e. The molecule has 0 bridgehead atoms. The third-order valence-electron chi connectivity index (χ3n) is 4.59. The van der Waals surface area contributed by atoms with Gasteiger partial charge in [-0.15, -0.1) is 0 Å². The van der Waals surface area contributed by atoms with Crippen molar-refractivity contribution in [3.63, 3.8) is 0 Å². The second kappa shape index (κ2) is 9.56. The number of allylic oxidation sites excluding steroid dienone is 1. The molecule has 1 aromatic heterocycles. The van der Waals surface area contributed by atoms with Gasteiger partial charge < -0.3 is 18.5 Å². The summed E-state index contributed by atoms with van der Waals surface area (Å²) in [6, 6.07) is 0. The Hall–Kier alpha value is -1.59. The minimum absolute atomic E-state index is 0.0515. The average Bonchev–Trinajstić information content (AvgIpc) is 2.89. The van der Waals surface area contributed by atoms with Crippen LogP contribution in [0.3, 0.4) is 0 Å². The van der Waals surface area contributed by atoms with E-state index >= 15 is 0 Å². The van der Waals surface area contributed by atoms with Gasteiger partial charge in [0.2, 0.25) is 7.37 Å². The van der Waals surface area contributed by atoms with Gasteiger partial charge in [0.25, 0.3) is 0 Å². The Morgan fingerprint density at radius 2 is 1.96 bits per heavy atom. The zero-order valence-corrected chi connectivity index (χ0v) is 17.1. The van der Waals surface area contributed by atoms with E-state index in [-0.39, 0.29) is 47.9 Å². The quantitative estimate of drug-likeness (QED) is 0.399.